The second kappa shape index (κ2) is 10.7. The van der Waals surface area contributed by atoms with Crippen molar-refractivity contribution in [2.24, 2.45) is 5.41 Å². The molecule has 116 valence electrons. The van der Waals surface area contributed by atoms with Gasteiger partial charge in [-0.05, 0) is 50.7 Å². The Morgan fingerprint density at radius 1 is 0.895 bits per heavy atom. The highest BCUT2D eigenvalue weighted by atomic mass is 16.3. The Kier molecular flexibility index (Phi) is 10.6. The second-order valence-corrected chi connectivity index (χ2v) is 6.98. The quantitative estimate of drug-likeness (QED) is 0.561. The highest BCUT2D eigenvalue weighted by molar-refractivity contribution is 4.64. The van der Waals surface area contributed by atoms with Gasteiger partial charge in [0, 0.05) is 0 Å². The lowest BCUT2D eigenvalue weighted by atomic mass is 9.89. The zero-order valence-electron chi connectivity index (χ0n) is 14.0. The average molecular weight is 271 g/mol. The predicted molar refractivity (Wildman–Crippen MR) is 85.6 cm³/mol. The lowest BCUT2D eigenvalue weighted by molar-refractivity contribution is 0.142. The van der Waals surface area contributed by atoms with Gasteiger partial charge in [0.1, 0.15) is 0 Å². The van der Waals surface area contributed by atoms with Crippen molar-refractivity contribution < 1.29 is 5.11 Å². The summed E-state index contributed by atoms with van der Waals surface area (Å²) in [6, 6.07) is 0. The molecule has 0 saturated heterocycles. The Balaban J connectivity index is 3.41. The number of hydrogen-bond acceptors (Lipinski definition) is 2. The van der Waals surface area contributed by atoms with Crippen LogP contribution in [0.2, 0.25) is 0 Å². The van der Waals surface area contributed by atoms with E-state index < -0.39 is 0 Å². The van der Waals surface area contributed by atoms with Gasteiger partial charge in [-0.25, -0.2) is 0 Å². The monoisotopic (exact) mass is 271 g/mol. The predicted octanol–water partition coefficient (Wildman–Crippen LogP) is 4.47. The van der Waals surface area contributed by atoms with E-state index in [2.05, 4.69) is 39.5 Å². The number of hydrogen-bond donors (Lipinski definition) is 1. The number of rotatable bonds is 11. The summed E-state index contributed by atoms with van der Waals surface area (Å²) in [5, 5.41) is 9.94. The van der Waals surface area contributed by atoms with Crippen LogP contribution in [0.5, 0.6) is 0 Å². The van der Waals surface area contributed by atoms with Gasteiger partial charge in [-0.1, -0.05) is 53.9 Å². The Morgan fingerprint density at radius 3 is 2.00 bits per heavy atom. The zero-order valence-corrected chi connectivity index (χ0v) is 14.0. The standard InChI is InChI=1S/C17H37NO/c1-6-18(7-2)15-10-8-9-12-16(19)13-11-14-17(3,4)5/h16,19H,6-15H2,1-5H3/t16-/m1/s1. The molecule has 0 heterocycles. The molecule has 0 amide bonds. The molecule has 0 radical (unpaired) electrons. The maximum absolute atomic E-state index is 9.94. The van der Waals surface area contributed by atoms with Gasteiger partial charge < -0.3 is 10.0 Å². The van der Waals surface area contributed by atoms with E-state index in [0.717, 1.165) is 32.4 Å². The molecule has 19 heavy (non-hydrogen) atoms. The van der Waals surface area contributed by atoms with Crippen LogP contribution in [0.3, 0.4) is 0 Å². The highest BCUT2D eigenvalue weighted by Crippen LogP contribution is 2.22. The highest BCUT2D eigenvalue weighted by Gasteiger charge is 2.11. The molecule has 0 aromatic carbocycles. The van der Waals surface area contributed by atoms with E-state index in [1.54, 1.807) is 0 Å². The van der Waals surface area contributed by atoms with Gasteiger partial charge >= 0.3 is 0 Å². The van der Waals surface area contributed by atoms with E-state index in [-0.39, 0.29) is 6.10 Å². The van der Waals surface area contributed by atoms with Gasteiger partial charge in [0.15, 0.2) is 0 Å². The Labute approximate surface area is 121 Å². The Bertz CT molecular complexity index is 194. The van der Waals surface area contributed by atoms with E-state index in [9.17, 15) is 5.11 Å². The molecule has 0 unspecified atom stereocenters. The van der Waals surface area contributed by atoms with Gasteiger partial charge in [-0.2, -0.15) is 0 Å². The first kappa shape index (κ1) is 18.9. The number of aliphatic hydroxyl groups excluding tert-OH is 1. The van der Waals surface area contributed by atoms with Crippen molar-refractivity contribution in [3.63, 3.8) is 0 Å². The summed E-state index contributed by atoms with van der Waals surface area (Å²) in [5.74, 6) is 0. The van der Waals surface area contributed by atoms with Crippen LogP contribution in [0.15, 0.2) is 0 Å². The average Bonchev–Trinajstić information content (AvgIpc) is 2.32. The minimum absolute atomic E-state index is 0.0733. The Morgan fingerprint density at radius 2 is 1.47 bits per heavy atom. The molecule has 0 aromatic heterocycles. The Hall–Kier alpha value is -0.0800. The van der Waals surface area contributed by atoms with Crippen LogP contribution in [0.1, 0.15) is 79.6 Å². The van der Waals surface area contributed by atoms with Crippen LogP contribution in [-0.4, -0.2) is 35.7 Å². The largest absolute Gasteiger partial charge is 0.393 e. The smallest absolute Gasteiger partial charge is 0.0540 e. The van der Waals surface area contributed by atoms with Crippen molar-refractivity contribution in [2.75, 3.05) is 19.6 Å². The SMILES string of the molecule is CCN(CC)CCCCC[C@@H](O)CCCC(C)(C)C. The van der Waals surface area contributed by atoms with Crippen molar-refractivity contribution in [1.29, 1.82) is 0 Å². The van der Waals surface area contributed by atoms with E-state index in [0.29, 0.717) is 5.41 Å². The normalized spacial score (nSPS) is 14.1. The molecule has 0 saturated carbocycles. The summed E-state index contributed by atoms with van der Waals surface area (Å²) in [6.07, 6.45) is 7.98. The fourth-order valence-corrected chi connectivity index (χ4v) is 2.44. The minimum atomic E-state index is -0.0733. The third-order valence-corrected chi connectivity index (χ3v) is 3.87. The number of unbranched alkanes of at least 4 members (excludes halogenated alkanes) is 2. The third-order valence-electron chi connectivity index (χ3n) is 3.87. The molecule has 0 spiro atoms. The molecule has 2 nitrogen and oxygen atoms in total. The van der Waals surface area contributed by atoms with E-state index in [1.165, 1.54) is 32.2 Å². The van der Waals surface area contributed by atoms with Gasteiger partial charge in [0.05, 0.1) is 6.10 Å². The van der Waals surface area contributed by atoms with Crippen LogP contribution in [0, 0.1) is 5.41 Å². The van der Waals surface area contributed by atoms with E-state index in [1.807, 2.05) is 0 Å². The fourth-order valence-electron chi connectivity index (χ4n) is 2.44. The van der Waals surface area contributed by atoms with E-state index >= 15 is 0 Å². The van der Waals surface area contributed by atoms with Crippen LogP contribution >= 0.6 is 0 Å². The molecule has 0 bridgehead atoms. The van der Waals surface area contributed by atoms with Crippen LogP contribution < -0.4 is 0 Å². The molecule has 0 rings (SSSR count). The minimum Gasteiger partial charge on any atom is -0.393 e. The lowest BCUT2D eigenvalue weighted by Gasteiger charge is -2.19. The second-order valence-electron chi connectivity index (χ2n) is 6.98. The summed E-state index contributed by atoms with van der Waals surface area (Å²) in [5.41, 5.74) is 0.406. The van der Waals surface area contributed by atoms with Gasteiger partial charge in [-0.15, -0.1) is 0 Å². The van der Waals surface area contributed by atoms with Crippen LogP contribution in [0.25, 0.3) is 0 Å². The van der Waals surface area contributed by atoms with Crippen LogP contribution in [-0.2, 0) is 0 Å². The third kappa shape index (κ3) is 12.7. The van der Waals surface area contributed by atoms with Crippen molar-refractivity contribution in [3.8, 4) is 0 Å². The van der Waals surface area contributed by atoms with Crippen molar-refractivity contribution in [1.82, 2.24) is 4.90 Å². The molecular formula is C17H37NO. The summed E-state index contributed by atoms with van der Waals surface area (Å²) in [6.45, 7) is 14.8. The topological polar surface area (TPSA) is 23.5 Å². The van der Waals surface area contributed by atoms with Crippen molar-refractivity contribution >= 4 is 0 Å². The van der Waals surface area contributed by atoms with Crippen molar-refractivity contribution in [3.05, 3.63) is 0 Å². The molecule has 1 N–H and O–H groups in total. The molecule has 0 aromatic rings. The molecular weight excluding hydrogens is 234 g/mol. The first-order valence-electron chi connectivity index (χ1n) is 8.29. The van der Waals surface area contributed by atoms with Crippen molar-refractivity contribution in [2.45, 2.75) is 85.7 Å². The maximum Gasteiger partial charge on any atom is 0.0540 e. The summed E-state index contributed by atoms with van der Waals surface area (Å²) in [7, 11) is 0. The fraction of sp³-hybridized carbons (Fsp3) is 1.00. The van der Waals surface area contributed by atoms with Gasteiger partial charge in [0.25, 0.3) is 0 Å². The summed E-state index contributed by atoms with van der Waals surface area (Å²) in [4.78, 5) is 2.47. The molecule has 0 fully saturated rings. The summed E-state index contributed by atoms with van der Waals surface area (Å²) >= 11 is 0. The van der Waals surface area contributed by atoms with Crippen LogP contribution in [0.4, 0.5) is 0 Å². The summed E-state index contributed by atoms with van der Waals surface area (Å²) < 4.78 is 0. The van der Waals surface area contributed by atoms with Gasteiger partial charge in [-0.3, -0.25) is 0 Å². The molecule has 0 aliphatic rings. The molecule has 2 heteroatoms. The zero-order chi connectivity index (χ0) is 14.7. The first-order chi connectivity index (χ1) is 8.89. The number of nitrogens with zero attached hydrogens (tertiary/aromatic N) is 1. The maximum atomic E-state index is 9.94. The molecule has 0 aliphatic carbocycles. The lowest BCUT2D eigenvalue weighted by Crippen LogP contribution is -2.23. The number of aliphatic hydroxyl groups is 1. The first-order valence-corrected chi connectivity index (χ1v) is 8.29. The molecule has 0 aliphatic heterocycles. The van der Waals surface area contributed by atoms with Gasteiger partial charge in [0.2, 0.25) is 0 Å². The molecule has 1 atom stereocenters. The van der Waals surface area contributed by atoms with E-state index in [4.69, 9.17) is 0 Å².